The van der Waals surface area contributed by atoms with E-state index in [0.717, 1.165) is 0 Å². The molecule has 6 heteroatoms. The number of hydrogen-bond acceptors (Lipinski definition) is 2. The van der Waals surface area contributed by atoms with Crippen LogP contribution in [-0.4, -0.2) is 23.9 Å². The lowest BCUT2D eigenvalue weighted by Crippen LogP contribution is -2.64. The van der Waals surface area contributed by atoms with Crippen molar-refractivity contribution in [2.24, 2.45) is 0 Å². The fourth-order valence-electron chi connectivity index (χ4n) is 1.88. The standard InChI is InChI=1S/C12H12BrFN2O2/c1-12(2)11(18)16(6-10(17)15-12)9-5-7(13)3-4-8(9)14/h3-5H,6H2,1-2H3,(H,15,17). The third-order valence-corrected chi connectivity index (χ3v) is 3.23. The van der Waals surface area contributed by atoms with Gasteiger partial charge >= 0.3 is 0 Å². The summed E-state index contributed by atoms with van der Waals surface area (Å²) in [5.74, 6) is -1.17. The second kappa shape index (κ2) is 4.35. The summed E-state index contributed by atoms with van der Waals surface area (Å²) in [5.41, 5.74) is -0.915. The number of amides is 2. The normalized spacial score (nSPS) is 18.8. The predicted octanol–water partition coefficient (Wildman–Crippen LogP) is 1.83. The van der Waals surface area contributed by atoms with Crippen molar-refractivity contribution >= 4 is 33.4 Å². The van der Waals surface area contributed by atoms with Crippen LogP contribution < -0.4 is 10.2 Å². The second-order valence-electron chi connectivity index (χ2n) is 4.66. The highest BCUT2D eigenvalue weighted by Gasteiger charge is 2.40. The van der Waals surface area contributed by atoms with Gasteiger partial charge in [0.05, 0.1) is 5.69 Å². The van der Waals surface area contributed by atoms with Gasteiger partial charge in [-0.2, -0.15) is 0 Å². The van der Waals surface area contributed by atoms with E-state index in [4.69, 9.17) is 0 Å². The zero-order chi connectivity index (χ0) is 13.5. The van der Waals surface area contributed by atoms with E-state index in [1.807, 2.05) is 0 Å². The number of hydrogen-bond donors (Lipinski definition) is 1. The van der Waals surface area contributed by atoms with Crippen LogP contribution in [0.1, 0.15) is 13.8 Å². The first-order chi connectivity index (χ1) is 8.31. The Morgan fingerprint density at radius 1 is 1.39 bits per heavy atom. The highest BCUT2D eigenvalue weighted by atomic mass is 79.9. The van der Waals surface area contributed by atoms with Gasteiger partial charge in [0.15, 0.2) is 0 Å². The summed E-state index contributed by atoms with van der Waals surface area (Å²) in [5, 5.41) is 2.57. The third kappa shape index (κ3) is 2.25. The van der Waals surface area contributed by atoms with Gasteiger partial charge in [-0.1, -0.05) is 15.9 Å². The van der Waals surface area contributed by atoms with E-state index in [1.54, 1.807) is 19.9 Å². The molecule has 1 aliphatic rings. The van der Waals surface area contributed by atoms with Gasteiger partial charge in [-0.15, -0.1) is 0 Å². The summed E-state index contributed by atoms with van der Waals surface area (Å²) in [4.78, 5) is 24.9. The molecule has 1 saturated heterocycles. The van der Waals surface area contributed by atoms with Crippen molar-refractivity contribution < 1.29 is 14.0 Å². The highest BCUT2D eigenvalue weighted by Crippen LogP contribution is 2.27. The van der Waals surface area contributed by atoms with Crippen molar-refractivity contribution in [3.05, 3.63) is 28.5 Å². The van der Waals surface area contributed by atoms with E-state index in [1.165, 1.54) is 17.0 Å². The first kappa shape index (κ1) is 13.0. The lowest BCUT2D eigenvalue weighted by atomic mass is 10.00. The Balaban J connectivity index is 2.46. The molecule has 2 rings (SSSR count). The zero-order valence-corrected chi connectivity index (χ0v) is 11.5. The van der Waals surface area contributed by atoms with E-state index in [-0.39, 0.29) is 24.0 Å². The lowest BCUT2D eigenvalue weighted by molar-refractivity contribution is -0.134. The van der Waals surface area contributed by atoms with E-state index < -0.39 is 11.4 Å². The SMILES string of the molecule is CC1(C)NC(=O)CN(c2cc(Br)ccc2F)C1=O. The Morgan fingerprint density at radius 2 is 2.06 bits per heavy atom. The van der Waals surface area contributed by atoms with Gasteiger partial charge in [0.2, 0.25) is 5.91 Å². The van der Waals surface area contributed by atoms with Crippen molar-refractivity contribution in [3.63, 3.8) is 0 Å². The van der Waals surface area contributed by atoms with Crippen LogP contribution in [0.5, 0.6) is 0 Å². The molecule has 1 aliphatic heterocycles. The average molecular weight is 315 g/mol. The number of nitrogens with zero attached hydrogens (tertiary/aromatic N) is 1. The van der Waals surface area contributed by atoms with Gasteiger partial charge < -0.3 is 5.32 Å². The molecule has 0 unspecified atom stereocenters. The molecule has 1 heterocycles. The zero-order valence-electron chi connectivity index (χ0n) is 9.96. The molecule has 2 amide bonds. The number of piperazine rings is 1. The number of carbonyl (C=O) groups excluding carboxylic acids is 2. The summed E-state index contributed by atoms with van der Waals surface area (Å²) >= 11 is 3.22. The second-order valence-corrected chi connectivity index (χ2v) is 5.58. The molecule has 4 nitrogen and oxygen atoms in total. The van der Waals surface area contributed by atoms with Crippen LogP contribution in [0.4, 0.5) is 10.1 Å². The van der Waals surface area contributed by atoms with Crippen LogP contribution in [0.15, 0.2) is 22.7 Å². The molecule has 0 aliphatic carbocycles. The first-order valence-electron chi connectivity index (χ1n) is 5.39. The van der Waals surface area contributed by atoms with E-state index in [2.05, 4.69) is 21.2 Å². The summed E-state index contributed by atoms with van der Waals surface area (Å²) in [6, 6.07) is 4.28. The van der Waals surface area contributed by atoms with Crippen LogP contribution in [0.3, 0.4) is 0 Å². The third-order valence-electron chi connectivity index (χ3n) is 2.73. The van der Waals surface area contributed by atoms with Gasteiger partial charge in [-0.05, 0) is 32.0 Å². The maximum Gasteiger partial charge on any atom is 0.252 e. The van der Waals surface area contributed by atoms with Crippen molar-refractivity contribution in [2.75, 3.05) is 11.4 Å². The summed E-state index contributed by atoms with van der Waals surface area (Å²) in [7, 11) is 0. The van der Waals surface area contributed by atoms with Crippen LogP contribution in [-0.2, 0) is 9.59 Å². The Bertz CT molecular complexity index is 531. The van der Waals surface area contributed by atoms with E-state index in [9.17, 15) is 14.0 Å². The van der Waals surface area contributed by atoms with Crippen molar-refractivity contribution in [1.82, 2.24) is 5.32 Å². The van der Waals surface area contributed by atoms with Gasteiger partial charge in [-0.3, -0.25) is 14.5 Å². The molecule has 1 aromatic carbocycles. The van der Waals surface area contributed by atoms with E-state index in [0.29, 0.717) is 4.47 Å². The molecule has 1 N–H and O–H groups in total. The molecular formula is C12H12BrFN2O2. The number of nitrogens with one attached hydrogen (secondary N) is 1. The minimum atomic E-state index is -1.02. The summed E-state index contributed by atoms with van der Waals surface area (Å²) < 4.78 is 14.4. The smallest absolute Gasteiger partial charge is 0.252 e. The molecule has 0 atom stereocenters. The minimum Gasteiger partial charge on any atom is -0.341 e. The topological polar surface area (TPSA) is 49.4 Å². The Morgan fingerprint density at radius 3 is 2.72 bits per heavy atom. The molecule has 0 spiro atoms. The Hall–Kier alpha value is -1.43. The highest BCUT2D eigenvalue weighted by molar-refractivity contribution is 9.10. The van der Waals surface area contributed by atoms with Crippen molar-refractivity contribution in [2.45, 2.75) is 19.4 Å². The summed E-state index contributed by atoms with van der Waals surface area (Å²) in [6.45, 7) is 3.01. The fraction of sp³-hybridized carbons (Fsp3) is 0.333. The van der Waals surface area contributed by atoms with Crippen LogP contribution >= 0.6 is 15.9 Å². The molecule has 1 aromatic rings. The van der Waals surface area contributed by atoms with Gasteiger partial charge in [0.1, 0.15) is 17.9 Å². The molecule has 0 radical (unpaired) electrons. The van der Waals surface area contributed by atoms with Gasteiger partial charge in [0, 0.05) is 4.47 Å². The number of anilines is 1. The number of halogens is 2. The molecule has 18 heavy (non-hydrogen) atoms. The van der Waals surface area contributed by atoms with Crippen molar-refractivity contribution in [3.8, 4) is 0 Å². The van der Waals surface area contributed by atoms with Crippen molar-refractivity contribution in [1.29, 1.82) is 0 Å². The molecule has 1 fully saturated rings. The minimum absolute atomic E-state index is 0.109. The predicted molar refractivity (Wildman–Crippen MR) is 68.7 cm³/mol. The number of carbonyl (C=O) groups is 2. The van der Waals surface area contributed by atoms with Gasteiger partial charge in [0.25, 0.3) is 5.91 Å². The molecule has 0 bridgehead atoms. The van der Waals surface area contributed by atoms with Gasteiger partial charge in [-0.25, -0.2) is 4.39 Å². The molecule has 96 valence electrons. The molecule has 0 saturated carbocycles. The molecular weight excluding hydrogens is 303 g/mol. The quantitative estimate of drug-likeness (QED) is 0.859. The monoisotopic (exact) mass is 314 g/mol. The Kier molecular flexibility index (Phi) is 3.14. The van der Waals surface area contributed by atoms with E-state index >= 15 is 0 Å². The maximum absolute atomic E-state index is 13.8. The van der Waals surface area contributed by atoms with Crippen LogP contribution in [0.2, 0.25) is 0 Å². The largest absolute Gasteiger partial charge is 0.341 e. The first-order valence-corrected chi connectivity index (χ1v) is 6.18. The molecule has 0 aromatic heterocycles. The average Bonchev–Trinajstić information content (AvgIpc) is 2.26. The number of benzene rings is 1. The number of rotatable bonds is 1. The summed E-state index contributed by atoms with van der Waals surface area (Å²) in [6.07, 6.45) is 0. The Labute approximate surface area is 112 Å². The van der Waals surface area contributed by atoms with Crippen LogP contribution in [0, 0.1) is 5.82 Å². The fourth-order valence-corrected chi connectivity index (χ4v) is 2.23. The maximum atomic E-state index is 13.8. The van der Waals surface area contributed by atoms with Crippen LogP contribution in [0.25, 0.3) is 0 Å². The lowest BCUT2D eigenvalue weighted by Gasteiger charge is -2.37.